The largest absolute Gasteiger partial charge is 0.351 e. The van der Waals surface area contributed by atoms with Crippen molar-refractivity contribution in [2.24, 2.45) is 5.73 Å². The van der Waals surface area contributed by atoms with Crippen LogP contribution in [0.2, 0.25) is 0 Å². The second-order valence-electron chi connectivity index (χ2n) is 5.54. The van der Waals surface area contributed by atoms with E-state index in [-0.39, 0.29) is 18.3 Å². The summed E-state index contributed by atoms with van der Waals surface area (Å²) in [5.74, 6) is -0.00164. The van der Waals surface area contributed by atoms with Gasteiger partial charge < -0.3 is 11.1 Å². The van der Waals surface area contributed by atoms with Crippen LogP contribution >= 0.6 is 12.4 Å². The van der Waals surface area contributed by atoms with E-state index in [0.29, 0.717) is 24.7 Å². The highest BCUT2D eigenvalue weighted by Gasteiger charge is 2.17. The van der Waals surface area contributed by atoms with Gasteiger partial charge in [0.05, 0.1) is 0 Å². The predicted molar refractivity (Wildman–Crippen MR) is 88.8 cm³/mol. The Balaban J connectivity index is 0.00000220. The number of carbonyl (C=O) groups excluding carboxylic acids is 1. The van der Waals surface area contributed by atoms with Crippen LogP contribution in [0.5, 0.6) is 0 Å². The molecule has 0 aromatic heterocycles. The number of rotatable bonds is 5. The number of hydrogen-bond donors (Lipinski definition) is 2. The van der Waals surface area contributed by atoms with E-state index in [9.17, 15) is 4.79 Å². The molecule has 1 amide bonds. The van der Waals surface area contributed by atoms with Crippen LogP contribution in [0.15, 0.2) is 24.3 Å². The zero-order chi connectivity index (χ0) is 14.4. The molecule has 5 heteroatoms. The molecule has 0 radical (unpaired) electrons. The average molecular weight is 312 g/mol. The Bertz CT molecular complexity index is 436. The van der Waals surface area contributed by atoms with E-state index >= 15 is 0 Å². The van der Waals surface area contributed by atoms with E-state index in [0.717, 1.165) is 18.7 Å². The third kappa shape index (κ3) is 5.30. The van der Waals surface area contributed by atoms with E-state index < -0.39 is 0 Å². The number of piperidine rings is 1. The minimum atomic E-state index is -0.00164. The molecule has 3 N–H and O–H groups in total. The number of likely N-dealkylation sites (tertiary alicyclic amines) is 1. The lowest BCUT2D eigenvalue weighted by atomic mass is 10.0. The van der Waals surface area contributed by atoms with Crippen molar-refractivity contribution in [3.05, 3.63) is 35.4 Å². The van der Waals surface area contributed by atoms with Crippen LogP contribution in [-0.4, -0.2) is 36.5 Å². The Morgan fingerprint density at radius 3 is 2.67 bits per heavy atom. The number of nitrogens with zero attached hydrogens (tertiary/aromatic N) is 1. The molecule has 1 saturated heterocycles. The number of halogens is 1. The monoisotopic (exact) mass is 311 g/mol. The highest BCUT2D eigenvalue weighted by molar-refractivity contribution is 5.94. The van der Waals surface area contributed by atoms with Gasteiger partial charge in [0.1, 0.15) is 0 Å². The highest BCUT2D eigenvalue weighted by atomic mass is 35.5. The number of amides is 1. The lowest BCUT2D eigenvalue weighted by molar-refractivity contribution is 0.0938. The molecule has 0 spiro atoms. The zero-order valence-electron chi connectivity index (χ0n) is 12.7. The predicted octanol–water partition coefficient (Wildman–Crippen LogP) is 2.17. The van der Waals surface area contributed by atoms with Crippen LogP contribution in [0.25, 0.3) is 0 Å². The Kier molecular flexibility index (Phi) is 7.72. The normalized spacial score (nSPS) is 18.9. The van der Waals surface area contributed by atoms with Crippen LogP contribution in [0, 0.1) is 0 Å². The van der Waals surface area contributed by atoms with Crippen molar-refractivity contribution in [2.75, 3.05) is 19.6 Å². The fourth-order valence-corrected chi connectivity index (χ4v) is 2.70. The summed E-state index contributed by atoms with van der Waals surface area (Å²) in [4.78, 5) is 14.5. The summed E-state index contributed by atoms with van der Waals surface area (Å²) in [6.45, 7) is 5.58. The molecule has 1 atom stereocenters. The van der Waals surface area contributed by atoms with Crippen LogP contribution in [0.3, 0.4) is 0 Å². The summed E-state index contributed by atoms with van der Waals surface area (Å²) in [7, 11) is 0. The van der Waals surface area contributed by atoms with Gasteiger partial charge in [-0.25, -0.2) is 0 Å². The number of hydrogen-bond acceptors (Lipinski definition) is 3. The van der Waals surface area contributed by atoms with E-state index in [2.05, 4.69) is 17.1 Å². The van der Waals surface area contributed by atoms with Gasteiger partial charge in [-0.05, 0) is 44.0 Å². The van der Waals surface area contributed by atoms with Gasteiger partial charge in [0.2, 0.25) is 0 Å². The second-order valence-corrected chi connectivity index (χ2v) is 5.54. The van der Waals surface area contributed by atoms with Crippen LogP contribution < -0.4 is 11.1 Å². The van der Waals surface area contributed by atoms with Crippen molar-refractivity contribution in [1.29, 1.82) is 0 Å². The summed E-state index contributed by atoms with van der Waals surface area (Å²) in [6.07, 6.45) is 3.88. The summed E-state index contributed by atoms with van der Waals surface area (Å²) < 4.78 is 0. The van der Waals surface area contributed by atoms with Gasteiger partial charge >= 0.3 is 0 Å². The molecule has 0 aliphatic carbocycles. The van der Waals surface area contributed by atoms with Gasteiger partial charge in [0, 0.05) is 31.2 Å². The minimum absolute atomic E-state index is 0. The summed E-state index contributed by atoms with van der Waals surface area (Å²) in [6, 6.07) is 8.12. The highest BCUT2D eigenvalue weighted by Crippen LogP contribution is 2.15. The van der Waals surface area contributed by atoms with Crippen LogP contribution in [0.1, 0.15) is 42.1 Å². The molecule has 1 unspecified atom stereocenters. The molecule has 118 valence electrons. The topological polar surface area (TPSA) is 58.4 Å². The molecule has 1 aromatic rings. The van der Waals surface area contributed by atoms with Crippen molar-refractivity contribution >= 4 is 18.3 Å². The number of carbonyl (C=O) groups is 1. The van der Waals surface area contributed by atoms with Gasteiger partial charge in [0.15, 0.2) is 0 Å². The van der Waals surface area contributed by atoms with Gasteiger partial charge in [-0.2, -0.15) is 0 Å². The van der Waals surface area contributed by atoms with Gasteiger partial charge in [-0.15, -0.1) is 12.4 Å². The van der Waals surface area contributed by atoms with Crippen molar-refractivity contribution in [3.63, 3.8) is 0 Å². The van der Waals surface area contributed by atoms with Crippen molar-refractivity contribution < 1.29 is 4.79 Å². The first-order valence-corrected chi connectivity index (χ1v) is 7.52. The third-order valence-corrected chi connectivity index (χ3v) is 4.08. The molecule has 0 bridgehead atoms. The van der Waals surface area contributed by atoms with Crippen molar-refractivity contribution in [3.8, 4) is 0 Å². The minimum Gasteiger partial charge on any atom is -0.351 e. The molecule has 1 aliphatic heterocycles. The molecule has 1 aromatic carbocycles. The van der Waals surface area contributed by atoms with E-state index in [4.69, 9.17) is 5.73 Å². The zero-order valence-corrected chi connectivity index (χ0v) is 13.5. The molecule has 0 saturated carbocycles. The van der Waals surface area contributed by atoms with Crippen LogP contribution in [0.4, 0.5) is 0 Å². The van der Waals surface area contributed by atoms with Gasteiger partial charge in [0.25, 0.3) is 5.91 Å². The lowest BCUT2D eigenvalue weighted by Crippen LogP contribution is -2.42. The molecule has 1 aliphatic rings. The Morgan fingerprint density at radius 2 is 2.05 bits per heavy atom. The Hall–Kier alpha value is -1.10. The first-order chi connectivity index (χ1) is 9.70. The maximum atomic E-state index is 12.0. The molecule has 4 nitrogen and oxygen atoms in total. The third-order valence-electron chi connectivity index (χ3n) is 4.08. The van der Waals surface area contributed by atoms with E-state index in [1.54, 1.807) is 0 Å². The maximum Gasteiger partial charge on any atom is 0.251 e. The smallest absolute Gasteiger partial charge is 0.251 e. The fraction of sp³-hybridized carbons (Fsp3) is 0.562. The first-order valence-electron chi connectivity index (χ1n) is 7.52. The van der Waals surface area contributed by atoms with Crippen molar-refractivity contribution in [1.82, 2.24) is 10.2 Å². The molecule has 1 fully saturated rings. The SMILES string of the molecule is CC1CCCCN1CCNC(=O)c1ccc(CN)cc1.Cl. The maximum absolute atomic E-state index is 12.0. The second kappa shape index (κ2) is 9.03. The lowest BCUT2D eigenvalue weighted by Gasteiger charge is -2.33. The molecular formula is C16H26ClN3O. The average Bonchev–Trinajstić information content (AvgIpc) is 2.49. The van der Waals surface area contributed by atoms with Gasteiger partial charge in [-0.3, -0.25) is 9.69 Å². The number of benzene rings is 1. The fourth-order valence-electron chi connectivity index (χ4n) is 2.70. The molecule has 1 heterocycles. The molecule has 21 heavy (non-hydrogen) atoms. The van der Waals surface area contributed by atoms with Gasteiger partial charge in [-0.1, -0.05) is 18.6 Å². The summed E-state index contributed by atoms with van der Waals surface area (Å²) >= 11 is 0. The molecule has 2 rings (SSSR count). The van der Waals surface area contributed by atoms with E-state index in [1.807, 2.05) is 24.3 Å². The standard InChI is InChI=1S/C16H25N3O.ClH/c1-13-4-2-3-10-19(13)11-9-18-16(20)15-7-5-14(12-17)6-8-15;/h5-8,13H,2-4,9-12,17H2,1H3,(H,18,20);1H. The van der Waals surface area contributed by atoms with E-state index in [1.165, 1.54) is 19.3 Å². The summed E-state index contributed by atoms with van der Waals surface area (Å²) in [5, 5.41) is 2.99. The Morgan fingerprint density at radius 1 is 1.33 bits per heavy atom. The summed E-state index contributed by atoms with van der Waals surface area (Å²) in [5.41, 5.74) is 7.29. The Labute approximate surface area is 133 Å². The van der Waals surface area contributed by atoms with Crippen molar-refractivity contribution in [2.45, 2.75) is 38.8 Å². The van der Waals surface area contributed by atoms with Crippen LogP contribution in [-0.2, 0) is 6.54 Å². The first kappa shape index (κ1) is 18.0. The number of nitrogens with one attached hydrogen (secondary N) is 1. The molecular weight excluding hydrogens is 286 g/mol. The quantitative estimate of drug-likeness (QED) is 0.876. The number of nitrogens with two attached hydrogens (primary N) is 1.